The van der Waals surface area contributed by atoms with Gasteiger partial charge in [-0.05, 0) is 14.0 Å². The van der Waals surface area contributed by atoms with Crippen molar-refractivity contribution in [1.29, 1.82) is 0 Å². The molecule has 1 aliphatic heterocycles. The van der Waals surface area contributed by atoms with Crippen LogP contribution >= 0.6 is 0 Å². The van der Waals surface area contributed by atoms with Crippen molar-refractivity contribution in [2.75, 3.05) is 38.2 Å². The summed E-state index contributed by atoms with van der Waals surface area (Å²) in [7, 11) is -1.07. The van der Waals surface area contributed by atoms with Gasteiger partial charge in [0.05, 0.1) is 17.6 Å². The number of aliphatic hydroxyl groups excluding tert-OH is 1. The van der Waals surface area contributed by atoms with Crippen molar-refractivity contribution in [3.8, 4) is 0 Å². The van der Waals surface area contributed by atoms with Crippen LogP contribution in [-0.4, -0.2) is 68.8 Å². The van der Waals surface area contributed by atoms with E-state index in [0.29, 0.717) is 19.6 Å². The summed E-state index contributed by atoms with van der Waals surface area (Å²) >= 11 is 0. The Morgan fingerprint density at radius 2 is 2.27 bits per heavy atom. The largest absolute Gasteiger partial charge is 0.390 e. The molecule has 90 valence electrons. The minimum absolute atomic E-state index is 0.00950. The molecule has 0 aromatic heterocycles. The molecule has 0 aromatic carbocycles. The van der Waals surface area contributed by atoms with Crippen LogP contribution in [0.15, 0.2) is 0 Å². The molecule has 2 atom stereocenters. The molecule has 0 saturated carbocycles. The van der Waals surface area contributed by atoms with Crippen molar-refractivity contribution >= 4 is 9.84 Å². The molecule has 0 radical (unpaired) electrons. The summed E-state index contributed by atoms with van der Waals surface area (Å²) in [4.78, 5) is 2.03. The Balaban J connectivity index is 2.44. The van der Waals surface area contributed by atoms with E-state index in [-0.39, 0.29) is 17.5 Å². The second kappa shape index (κ2) is 5.25. The smallest absolute Gasteiger partial charge is 0.153 e. The summed E-state index contributed by atoms with van der Waals surface area (Å²) in [5.41, 5.74) is 0. The van der Waals surface area contributed by atoms with Crippen LogP contribution in [0.5, 0.6) is 0 Å². The van der Waals surface area contributed by atoms with Crippen LogP contribution < -0.4 is 5.32 Å². The number of nitrogens with one attached hydrogen (secondary N) is 1. The molecule has 5 nitrogen and oxygen atoms in total. The first kappa shape index (κ1) is 12.9. The molecule has 2 N–H and O–H groups in total. The molecular weight excluding hydrogens is 216 g/mol. The van der Waals surface area contributed by atoms with Crippen LogP contribution in [0.25, 0.3) is 0 Å². The molecule has 1 heterocycles. The van der Waals surface area contributed by atoms with Gasteiger partial charge in [0, 0.05) is 25.7 Å². The van der Waals surface area contributed by atoms with Crippen LogP contribution in [0.3, 0.4) is 0 Å². The molecule has 2 unspecified atom stereocenters. The van der Waals surface area contributed by atoms with Gasteiger partial charge in [0.2, 0.25) is 0 Å². The minimum atomic E-state index is -2.85. The van der Waals surface area contributed by atoms with Crippen LogP contribution in [0.2, 0.25) is 0 Å². The molecule has 0 bridgehead atoms. The van der Waals surface area contributed by atoms with Crippen LogP contribution in [0.1, 0.15) is 6.92 Å². The SMILES string of the molecule is CNCC(O)CN1CCS(=O)(=O)CC1C. The average Bonchev–Trinajstić information content (AvgIpc) is 2.10. The summed E-state index contributed by atoms with van der Waals surface area (Å²) in [6.07, 6.45) is -0.432. The fourth-order valence-corrected chi connectivity index (χ4v) is 3.50. The summed E-state index contributed by atoms with van der Waals surface area (Å²) in [5.74, 6) is 0.420. The zero-order valence-electron chi connectivity index (χ0n) is 9.31. The molecule has 1 fully saturated rings. The van der Waals surface area contributed by atoms with E-state index >= 15 is 0 Å². The second-order valence-electron chi connectivity index (χ2n) is 4.17. The van der Waals surface area contributed by atoms with Gasteiger partial charge in [-0.2, -0.15) is 0 Å². The molecule has 15 heavy (non-hydrogen) atoms. The van der Waals surface area contributed by atoms with Crippen molar-refractivity contribution in [1.82, 2.24) is 10.2 Å². The van der Waals surface area contributed by atoms with Gasteiger partial charge >= 0.3 is 0 Å². The van der Waals surface area contributed by atoms with Gasteiger partial charge in [-0.15, -0.1) is 0 Å². The Morgan fingerprint density at radius 1 is 1.60 bits per heavy atom. The molecule has 0 aromatic rings. The predicted octanol–water partition coefficient (Wildman–Crippen LogP) is -1.31. The Morgan fingerprint density at radius 3 is 2.80 bits per heavy atom. The third-order valence-electron chi connectivity index (χ3n) is 2.69. The fourth-order valence-electron chi connectivity index (χ4n) is 1.88. The van der Waals surface area contributed by atoms with Crippen molar-refractivity contribution in [2.24, 2.45) is 0 Å². The van der Waals surface area contributed by atoms with E-state index in [0.717, 1.165) is 0 Å². The highest BCUT2D eigenvalue weighted by Gasteiger charge is 2.28. The van der Waals surface area contributed by atoms with Crippen molar-refractivity contribution in [2.45, 2.75) is 19.1 Å². The highest BCUT2D eigenvalue weighted by Crippen LogP contribution is 2.11. The summed E-state index contributed by atoms with van der Waals surface area (Å²) in [6.45, 7) is 3.50. The number of likely N-dealkylation sites (N-methyl/N-ethyl adjacent to an activating group) is 1. The van der Waals surface area contributed by atoms with E-state index in [9.17, 15) is 13.5 Å². The zero-order chi connectivity index (χ0) is 11.5. The lowest BCUT2D eigenvalue weighted by Gasteiger charge is -2.34. The van der Waals surface area contributed by atoms with E-state index in [4.69, 9.17) is 0 Å². The third-order valence-corrected chi connectivity index (χ3v) is 4.49. The monoisotopic (exact) mass is 236 g/mol. The van der Waals surface area contributed by atoms with Crippen LogP contribution in [-0.2, 0) is 9.84 Å². The zero-order valence-corrected chi connectivity index (χ0v) is 10.1. The van der Waals surface area contributed by atoms with Crippen LogP contribution in [0, 0.1) is 0 Å². The maximum absolute atomic E-state index is 11.3. The molecule has 1 rings (SSSR count). The van der Waals surface area contributed by atoms with Gasteiger partial charge < -0.3 is 10.4 Å². The van der Waals surface area contributed by atoms with Gasteiger partial charge in [-0.25, -0.2) is 8.42 Å². The lowest BCUT2D eigenvalue weighted by Crippen LogP contribution is -2.50. The fraction of sp³-hybridized carbons (Fsp3) is 1.00. The number of hydrogen-bond acceptors (Lipinski definition) is 5. The van der Waals surface area contributed by atoms with Crippen molar-refractivity contribution in [3.63, 3.8) is 0 Å². The molecule has 0 amide bonds. The first-order valence-electron chi connectivity index (χ1n) is 5.22. The number of β-amino-alcohol motifs (C(OH)–C–C–N with tert-alkyl or cyclic N) is 1. The summed E-state index contributed by atoms with van der Waals surface area (Å²) in [6, 6.07) is 0.00950. The van der Waals surface area contributed by atoms with E-state index in [2.05, 4.69) is 5.32 Å². The molecule has 1 saturated heterocycles. The molecule has 6 heteroatoms. The second-order valence-corrected chi connectivity index (χ2v) is 6.40. The van der Waals surface area contributed by atoms with Crippen LogP contribution in [0.4, 0.5) is 0 Å². The number of sulfone groups is 1. The number of hydrogen-bond donors (Lipinski definition) is 2. The highest BCUT2D eigenvalue weighted by atomic mass is 32.2. The van der Waals surface area contributed by atoms with Gasteiger partial charge in [0.15, 0.2) is 9.84 Å². The molecule has 1 aliphatic rings. The van der Waals surface area contributed by atoms with E-state index in [1.165, 1.54) is 0 Å². The Kier molecular flexibility index (Phi) is 4.51. The maximum Gasteiger partial charge on any atom is 0.153 e. The predicted molar refractivity (Wildman–Crippen MR) is 59.6 cm³/mol. The van der Waals surface area contributed by atoms with E-state index in [1.54, 1.807) is 7.05 Å². The van der Waals surface area contributed by atoms with Crippen molar-refractivity contribution in [3.05, 3.63) is 0 Å². The number of nitrogens with zero attached hydrogens (tertiary/aromatic N) is 1. The minimum Gasteiger partial charge on any atom is -0.390 e. The van der Waals surface area contributed by atoms with E-state index < -0.39 is 15.9 Å². The standard InChI is InChI=1S/C9H20N2O3S/c1-8-7-15(13,14)4-3-11(8)6-9(12)5-10-2/h8-10,12H,3-7H2,1-2H3. The Hall–Kier alpha value is -0.170. The Bertz CT molecular complexity index is 292. The van der Waals surface area contributed by atoms with Gasteiger partial charge in [0.1, 0.15) is 0 Å². The lowest BCUT2D eigenvalue weighted by molar-refractivity contribution is 0.0979. The van der Waals surface area contributed by atoms with Crippen molar-refractivity contribution < 1.29 is 13.5 Å². The first-order valence-corrected chi connectivity index (χ1v) is 7.04. The quantitative estimate of drug-likeness (QED) is 0.634. The normalized spacial score (nSPS) is 28.9. The number of rotatable bonds is 4. The summed E-state index contributed by atoms with van der Waals surface area (Å²) < 4.78 is 22.6. The third kappa shape index (κ3) is 4.06. The van der Waals surface area contributed by atoms with Gasteiger partial charge in [-0.1, -0.05) is 0 Å². The number of aliphatic hydroxyl groups is 1. The van der Waals surface area contributed by atoms with Gasteiger partial charge in [0.25, 0.3) is 0 Å². The van der Waals surface area contributed by atoms with Gasteiger partial charge in [-0.3, -0.25) is 4.90 Å². The average molecular weight is 236 g/mol. The first-order chi connectivity index (χ1) is 6.94. The van der Waals surface area contributed by atoms with E-state index in [1.807, 2.05) is 11.8 Å². The topological polar surface area (TPSA) is 69.6 Å². The molecule has 0 spiro atoms. The maximum atomic E-state index is 11.3. The Labute approximate surface area is 91.4 Å². The summed E-state index contributed by atoms with van der Waals surface area (Å²) in [5, 5.41) is 12.5. The lowest BCUT2D eigenvalue weighted by atomic mass is 10.2. The molecule has 0 aliphatic carbocycles. The highest BCUT2D eigenvalue weighted by molar-refractivity contribution is 7.91. The molecular formula is C9H20N2O3S.